The zero-order chi connectivity index (χ0) is 11.7. The van der Waals surface area contributed by atoms with E-state index in [0.29, 0.717) is 5.82 Å². The molecular formula is C13H11N3S. The fourth-order valence-corrected chi connectivity index (χ4v) is 2.57. The van der Waals surface area contributed by atoms with Crippen molar-refractivity contribution in [2.75, 3.05) is 5.73 Å². The number of anilines is 1. The highest BCUT2D eigenvalue weighted by atomic mass is 32.1. The van der Waals surface area contributed by atoms with Gasteiger partial charge >= 0.3 is 0 Å². The van der Waals surface area contributed by atoms with Gasteiger partial charge < -0.3 is 5.73 Å². The van der Waals surface area contributed by atoms with E-state index in [9.17, 15) is 0 Å². The summed E-state index contributed by atoms with van der Waals surface area (Å²) in [6.07, 6.45) is 4.36. The van der Waals surface area contributed by atoms with Crippen LogP contribution in [0.1, 0.15) is 10.6 Å². The molecule has 0 aliphatic carbocycles. The summed E-state index contributed by atoms with van der Waals surface area (Å²) in [5.74, 6) is 0.558. The molecule has 3 nitrogen and oxygen atoms in total. The van der Waals surface area contributed by atoms with Gasteiger partial charge in [-0.15, -0.1) is 11.3 Å². The Hall–Kier alpha value is -1.94. The van der Waals surface area contributed by atoms with Gasteiger partial charge in [-0.3, -0.25) is 4.98 Å². The van der Waals surface area contributed by atoms with Crippen LogP contribution in [0.2, 0.25) is 0 Å². The maximum Gasteiger partial charge on any atom is 0.133 e. The largest absolute Gasteiger partial charge is 0.383 e. The van der Waals surface area contributed by atoms with Crippen molar-refractivity contribution in [2.24, 2.45) is 0 Å². The van der Waals surface area contributed by atoms with Gasteiger partial charge in [-0.05, 0) is 29.0 Å². The Labute approximate surface area is 103 Å². The number of aromatic nitrogens is 2. The van der Waals surface area contributed by atoms with Gasteiger partial charge in [0, 0.05) is 34.8 Å². The van der Waals surface area contributed by atoms with Crippen LogP contribution in [0.5, 0.6) is 0 Å². The number of rotatable bonds is 2. The van der Waals surface area contributed by atoms with Gasteiger partial charge in [0.1, 0.15) is 5.82 Å². The first kappa shape index (κ1) is 10.2. The average Bonchev–Trinajstić information content (AvgIpc) is 2.82. The van der Waals surface area contributed by atoms with Crippen molar-refractivity contribution in [1.29, 1.82) is 0 Å². The minimum absolute atomic E-state index is 0.558. The number of nitrogens with zero attached hydrogens (tertiary/aromatic N) is 2. The molecule has 84 valence electrons. The highest BCUT2D eigenvalue weighted by Crippen LogP contribution is 2.21. The molecule has 0 saturated heterocycles. The molecule has 0 bridgehead atoms. The Morgan fingerprint density at radius 1 is 1.29 bits per heavy atom. The molecule has 0 aromatic carbocycles. The quantitative estimate of drug-likeness (QED) is 0.750. The fraction of sp³-hybridized carbons (Fsp3) is 0.0769. The van der Waals surface area contributed by atoms with Crippen molar-refractivity contribution in [1.82, 2.24) is 9.97 Å². The highest BCUT2D eigenvalue weighted by Gasteiger charge is 2.04. The first-order valence-electron chi connectivity index (χ1n) is 5.34. The van der Waals surface area contributed by atoms with E-state index in [0.717, 1.165) is 22.9 Å². The Kier molecular flexibility index (Phi) is 2.49. The zero-order valence-corrected chi connectivity index (χ0v) is 9.95. The molecule has 3 rings (SSSR count). The van der Waals surface area contributed by atoms with E-state index in [1.54, 1.807) is 23.7 Å². The van der Waals surface area contributed by atoms with Crippen LogP contribution in [-0.4, -0.2) is 9.97 Å². The predicted molar refractivity (Wildman–Crippen MR) is 71.1 cm³/mol. The second kappa shape index (κ2) is 4.14. The lowest BCUT2D eigenvalue weighted by molar-refractivity contribution is 1.11. The number of thiophene rings is 1. The highest BCUT2D eigenvalue weighted by molar-refractivity contribution is 7.09. The topological polar surface area (TPSA) is 51.8 Å². The number of fused-ring (bicyclic) bond motifs is 1. The van der Waals surface area contributed by atoms with Crippen LogP contribution in [0.4, 0.5) is 5.82 Å². The maximum atomic E-state index is 5.94. The summed E-state index contributed by atoms with van der Waals surface area (Å²) in [5, 5.41) is 4.09. The SMILES string of the molecule is Nc1nc(Cc2cccs2)cc2ccncc12. The van der Waals surface area contributed by atoms with Crippen molar-refractivity contribution >= 4 is 27.9 Å². The van der Waals surface area contributed by atoms with E-state index in [1.165, 1.54) is 4.88 Å². The second-order valence-corrected chi connectivity index (χ2v) is 4.88. The Morgan fingerprint density at radius 3 is 3.06 bits per heavy atom. The molecule has 3 aromatic rings. The molecular weight excluding hydrogens is 230 g/mol. The molecule has 3 aromatic heterocycles. The predicted octanol–water partition coefficient (Wildman–Crippen LogP) is 2.86. The Balaban J connectivity index is 2.06. The molecule has 0 atom stereocenters. The minimum Gasteiger partial charge on any atom is -0.383 e. The van der Waals surface area contributed by atoms with E-state index in [4.69, 9.17) is 5.73 Å². The molecule has 2 N–H and O–H groups in total. The lowest BCUT2D eigenvalue weighted by Gasteiger charge is -2.04. The van der Waals surface area contributed by atoms with Gasteiger partial charge in [0.2, 0.25) is 0 Å². The van der Waals surface area contributed by atoms with Crippen LogP contribution in [-0.2, 0) is 6.42 Å². The van der Waals surface area contributed by atoms with E-state index < -0.39 is 0 Å². The molecule has 0 aliphatic rings. The molecule has 0 amide bonds. The number of hydrogen-bond donors (Lipinski definition) is 1. The molecule has 0 aliphatic heterocycles. The Bertz CT molecular complexity index is 647. The molecule has 17 heavy (non-hydrogen) atoms. The summed E-state index contributed by atoms with van der Waals surface area (Å²) in [6, 6.07) is 8.20. The maximum absolute atomic E-state index is 5.94. The van der Waals surface area contributed by atoms with Crippen LogP contribution in [0.3, 0.4) is 0 Å². The van der Waals surface area contributed by atoms with Crippen LogP contribution in [0, 0.1) is 0 Å². The van der Waals surface area contributed by atoms with Crippen molar-refractivity contribution in [3.8, 4) is 0 Å². The molecule has 0 unspecified atom stereocenters. The number of hydrogen-bond acceptors (Lipinski definition) is 4. The van der Waals surface area contributed by atoms with Gasteiger partial charge in [-0.25, -0.2) is 4.98 Å². The van der Waals surface area contributed by atoms with Crippen molar-refractivity contribution < 1.29 is 0 Å². The van der Waals surface area contributed by atoms with E-state index in [-0.39, 0.29) is 0 Å². The third kappa shape index (κ3) is 1.99. The summed E-state index contributed by atoms with van der Waals surface area (Å²) in [6.45, 7) is 0. The van der Waals surface area contributed by atoms with E-state index in [2.05, 4.69) is 27.5 Å². The summed E-state index contributed by atoms with van der Waals surface area (Å²) in [7, 11) is 0. The van der Waals surface area contributed by atoms with Gasteiger partial charge in [0.25, 0.3) is 0 Å². The van der Waals surface area contributed by atoms with Gasteiger partial charge in [0.05, 0.1) is 0 Å². The molecule has 0 radical (unpaired) electrons. The van der Waals surface area contributed by atoms with Gasteiger partial charge in [0.15, 0.2) is 0 Å². The van der Waals surface area contributed by atoms with Crippen LogP contribution in [0.25, 0.3) is 10.8 Å². The summed E-state index contributed by atoms with van der Waals surface area (Å²) < 4.78 is 0. The molecule has 4 heteroatoms. The van der Waals surface area contributed by atoms with E-state index in [1.807, 2.05) is 12.1 Å². The number of nitrogens with two attached hydrogens (primary N) is 1. The molecule has 0 saturated carbocycles. The van der Waals surface area contributed by atoms with Crippen LogP contribution < -0.4 is 5.73 Å². The number of pyridine rings is 2. The number of nitrogen functional groups attached to an aromatic ring is 1. The van der Waals surface area contributed by atoms with Gasteiger partial charge in [-0.2, -0.15) is 0 Å². The van der Waals surface area contributed by atoms with Crippen molar-refractivity contribution in [3.63, 3.8) is 0 Å². The monoisotopic (exact) mass is 241 g/mol. The molecule has 0 fully saturated rings. The summed E-state index contributed by atoms with van der Waals surface area (Å²) >= 11 is 1.74. The first-order chi connectivity index (χ1) is 8.33. The van der Waals surface area contributed by atoms with Crippen LogP contribution >= 0.6 is 11.3 Å². The molecule has 3 heterocycles. The average molecular weight is 241 g/mol. The smallest absolute Gasteiger partial charge is 0.133 e. The summed E-state index contributed by atoms with van der Waals surface area (Å²) in [4.78, 5) is 9.78. The summed E-state index contributed by atoms with van der Waals surface area (Å²) in [5.41, 5.74) is 6.94. The lowest BCUT2D eigenvalue weighted by atomic mass is 10.1. The third-order valence-corrected chi connectivity index (χ3v) is 3.53. The van der Waals surface area contributed by atoms with Crippen molar-refractivity contribution in [3.05, 3.63) is 52.6 Å². The fourth-order valence-electron chi connectivity index (χ4n) is 1.85. The van der Waals surface area contributed by atoms with Gasteiger partial charge in [-0.1, -0.05) is 6.07 Å². The minimum atomic E-state index is 0.558. The standard InChI is InChI=1S/C13H11N3S/c14-13-12-8-15-4-3-9(12)6-10(16-13)7-11-2-1-5-17-11/h1-6,8H,7H2,(H2,14,16). The Morgan fingerprint density at radius 2 is 2.24 bits per heavy atom. The zero-order valence-electron chi connectivity index (χ0n) is 9.13. The van der Waals surface area contributed by atoms with E-state index >= 15 is 0 Å². The first-order valence-corrected chi connectivity index (χ1v) is 6.22. The normalized spacial score (nSPS) is 10.8. The second-order valence-electron chi connectivity index (χ2n) is 3.85. The third-order valence-electron chi connectivity index (χ3n) is 2.65. The van der Waals surface area contributed by atoms with Crippen molar-refractivity contribution in [2.45, 2.75) is 6.42 Å². The molecule has 0 spiro atoms. The lowest BCUT2D eigenvalue weighted by Crippen LogP contribution is -1.97. The van der Waals surface area contributed by atoms with Crippen LogP contribution in [0.15, 0.2) is 42.0 Å².